The second kappa shape index (κ2) is 5.43. The Kier molecular flexibility index (Phi) is 4.24. The van der Waals surface area contributed by atoms with Gasteiger partial charge in [0, 0.05) is 24.7 Å². The molecule has 0 spiro atoms. The van der Waals surface area contributed by atoms with Gasteiger partial charge in [-0.25, -0.2) is 0 Å². The summed E-state index contributed by atoms with van der Waals surface area (Å²) in [5.41, 5.74) is 0.627. The molecular weight excluding hydrogens is 258 g/mol. The first-order valence-electron chi connectivity index (χ1n) is 6.99. The van der Waals surface area contributed by atoms with Crippen LogP contribution in [0.15, 0.2) is 24.3 Å². The van der Waals surface area contributed by atoms with Gasteiger partial charge in [0.2, 0.25) is 0 Å². The highest BCUT2D eigenvalue weighted by atomic mass is 35.5. The summed E-state index contributed by atoms with van der Waals surface area (Å²) in [7, 11) is 0. The number of halogens is 1. The van der Waals surface area contributed by atoms with Gasteiger partial charge in [0.1, 0.15) is 0 Å². The van der Waals surface area contributed by atoms with Crippen molar-refractivity contribution in [1.29, 1.82) is 0 Å². The zero-order chi connectivity index (χ0) is 14.1. The monoisotopic (exact) mass is 281 g/mol. The van der Waals surface area contributed by atoms with Crippen molar-refractivity contribution in [3.63, 3.8) is 0 Å². The smallest absolute Gasteiger partial charge is 0.0920 e. The Hall–Kier alpha value is -0.570. The van der Waals surface area contributed by atoms with Gasteiger partial charge < -0.3 is 10.0 Å². The first-order chi connectivity index (χ1) is 8.78. The van der Waals surface area contributed by atoms with E-state index in [-0.39, 0.29) is 0 Å². The molecule has 0 bridgehead atoms. The largest absolute Gasteiger partial charge is 0.385 e. The number of hydrogen-bond donors (Lipinski definition) is 1. The van der Waals surface area contributed by atoms with E-state index in [1.54, 1.807) is 0 Å². The summed E-state index contributed by atoms with van der Waals surface area (Å²) in [5, 5.41) is 11.5. The lowest BCUT2D eigenvalue weighted by molar-refractivity contribution is -0.0317. The van der Waals surface area contributed by atoms with Gasteiger partial charge in [-0.05, 0) is 36.0 Å². The van der Waals surface area contributed by atoms with Gasteiger partial charge in [-0.1, -0.05) is 44.5 Å². The molecule has 0 saturated carbocycles. The maximum atomic E-state index is 10.8. The molecule has 1 aliphatic rings. The lowest BCUT2D eigenvalue weighted by atomic mass is 9.83. The fourth-order valence-corrected chi connectivity index (χ4v) is 2.93. The van der Waals surface area contributed by atoms with Crippen molar-refractivity contribution in [3.8, 4) is 0 Å². The molecule has 1 aliphatic heterocycles. The summed E-state index contributed by atoms with van der Waals surface area (Å²) in [5.74, 6) is 0. The van der Waals surface area contributed by atoms with Crippen molar-refractivity contribution in [3.05, 3.63) is 34.9 Å². The van der Waals surface area contributed by atoms with Crippen molar-refractivity contribution in [2.75, 3.05) is 19.6 Å². The van der Waals surface area contributed by atoms with Crippen molar-refractivity contribution in [2.45, 2.75) is 39.2 Å². The lowest BCUT2D eigenvalue weighted by Crippen LogP contribution is -2.45. The average Bonchev–Trinajstić information content (AvgIpc) is 2.31. The minimum absolute atomic E-state index is 0.315. The van der Waals surface area contributed by atoms with E-state index in [4.69, 9.17) is 11.6 Å². The van der Waals surface area contributed by atoms with Crippen molar-refractivity contribution < 1.29 is 5.11 Å². The molecule has 0 radical (unpaired) electrons. The van der Waals surface area contributed by atoms with Crippen LogP contribution in [0.4, 0.5) is 0 Å². The highest BCUT2D eigenvalue weighted by Crippen LogP contribution is 2.34. The van der Waals surface area contributed by atoms with Gasteiger partial charge >= 0.3 is 0 Å². The van der Waals surface area contributed by atoms with Gasteiger partial charge in [0.25, 0.3) is 0 Å². The number of piperidine rings is 1. The predicted molar refractivity (Wildman–Crippen MR) is 80.5 cm³/mol. The average molecular weight is 282 g/mol. The SMILES string of the molecule is CC(C)(C)CN1CCC(O)(c2ccc(Cl)cc2)CC1. The van der Waals surface area contributed by atoms with Gasteiger partial charge in [-0.3, -0.25) is 0 Å². The van der Waals surface area contributed by atoms with Crippen LogP contribution in [0.5, 0.6) is 0 Å². The van der Waals surface area contributed by atoms with E-state index in [1.165, 1.54) is 0 Å². The topological polar surface area (TPSA) is 23.5 Å². The molecule has 2 nitrogen and oxygen atoms in total. The molecule has 19 heavy (non-hydrogen) atoms. The maximum absolute atomic E-state index is 10.8. The second-order valence-corrected chi connectivity index (χ2v) is 7.31. The van der Waals surface area contributed by atoms with E-state index in [9.17, 15) is 5.11 Å². The summed E-state index contributed by atoms with van der Waals surface area (Å²) in [4.78, 5) is 2.45. The Balaban J connectivity index is 2.00. The highest BCUT2D eigenvalue weighted by molar-refractivity contribution is 6.30. The summed E-state index contributed by atoms with van der Waals surface area (Å²) in [6, 6.07) is 7.61. The van der Waals surface area contributed by atoms with Gasteiger partial charge in [0.15, 0.2) is 0 Å². The van der Waals surface area contributed by atoms with Crippen LogP contribution in [0.25, 0.3) is 0 Å². The summed E-state index contributed by atoms with van der Waals surface area (Å²) in [6.07, 6.45) is 1.59. The van der Waals surface area contributed by atoms with Crippen molar-refractivity contribution in [1.82, 2.24) is 4.90 Å². The van der Waals surface area contributed by atoms with E-state index in [2.05, 4.69) is 25.7 Å². The molecule has 106 valence electrons. The molecule has 0 unspecified atom stereocenters. The standard InChI is InChI=1S/C16H24ClNO/c1-15(2,3)12-18-10-8-16(19,9-11-18)13-4-6-14(17)7-5-13/h4-7,19H,8-12H2,1-3H3. The Morgan fingerprint density at radius 2 is 1.68 bits per heavy atom. The van der Waals surface area contributed by atoms with E-state index in [1.807, 2.05) is 24.3 Å². The zero-order valence-corrected chi connectivity index (χ0v) is 12.9. The summed E-state index contributed by atoms with van der Waals surface area (Å²) < 4.78 is 0. The predicted octanol–water partition coefficient (Wildman–Crippen LogP) is 3.67. The summed E-state index contributed by atoms with van der Waals surface area (Å²) in [6.45, 7) is 9.77. The molecule has 1 heterocycles. The zero-order valence-electron chi connectivity index (χ0n) is 12.1. The van der Waals surface area contributed by atoms with Crippen molar-refractivity contribution >= 4 is 11.6 Å². The molecule has 1 aromatic carbocycles. The Bertz CT molecular complexity index is 413. The van der Waals surface area contributed by atoms with Gasteiger partial charge in [-0.2, -0.15) is 0 Å². The third-order valence-corrected chi connectivity index (χ3v) is 4.01. The van der Waals surface area contributed by atoms with Gasteiger partial charge in [-0.15, -0.1) is 0 Å². The molecule has 3 heteroatoms. The first kappa shape index (κ1) is 14.8. The second-order valence-electron chi connectivity index (χ2n) is 6.88. The molecule has 1 N–H and O–H groups in total. The molecule has 0 aromatic heterocycles. The summed E-state index contributed by atoms with van der Waals surface area (Å²) >= 11 is 5.90. The normalized spacial score (nSPS) is 20.5. The molecule has 0 amide bonds. The van der Waals surface area contributed by atoms with Crippen LogP contribution in [-0.4, -0.2) is 29.6 Å². The third kappa shape index (κ3) is 3.95. The molecule has 1 fully saturated rings. The number of likely N-dealkylation sites (tertiary alicyclic amines) is 1. The molecule has 1 saturated heterocycles. The van der Waals surface area contributed by atoms with E-state index >= 15 is 0 Å². The highest BCUT2D eigenvalue weighted by Gasteiger charge is 2.34. The van der Waals surface area contributed by atoms with Crippen LogP contribution in [0, 0.1) is 5.41 Å². The van der Waals surface area contributed by atoms with Crippen LogP contribution in [0.2, 0.25) is 5.02 Å². The number of nitrogens with zero attached hydrogens (tertiary/aromatic N) is 1. The Labute approximate surface area is 121 Å². The van der Waals surface area contributed by atoms with Gasteiger partial charge in [0.05, 0.1) is 5.60 Å². The maximum Gasteiger partial charge on any atom is 0.0920 e. The number of rotatable bonds is 2. The fourth-order valence-electron chi connectivity index (χ4n) is 2.80. The number of benzene rings is 1. The Morgan fingerprint density at radius 1 is 1.16 bits per heavy atom. The van der Waals surface area contributed by atoms with Crippen LogP contribution in [0.1, 0.15) is 39.2 Å². The minimum atomic E-state index is -0.682. The quantitative estimate of drug-likeness (QED) is 0.894. The van der Waals surface area contributed by atoms with Crippen LogP contribution < -0.4 is 0 Å². The van der Waals surface area contributed by atoms with Crippen LogP contribution in [0.3, 0.4) is 0 Å². The van der Waals surface area contributed by atoms with Crippen molar-refractivity contribution in [2.24, 2.45) is 5.41 Å². The van der Waals surface area contributed by atoms with E-state index in [0.29, 0.717) is 5.41 Å². The minimum Gasteiger partial charge on any atom is -0.385 e. The van der Waals surface area contributed by atoms with Crippen LogP contribution in [-0.2, 0) is 5.60 Å². The van der Waals surface area contributed by atoms with Crippen LogP contribution >= 0.6 is 11.6 Å². The first-order valence-corrected chi connectivity index (χ1v) is 7.37. The van der Waals surface area contributed by atoms with E-state index < -0.39 is 5.60 Å². The molecule has 0 atom stereocenters. The molecular formula is C16H24ClNO. The molecule has 1 aromatic rings. The number of aliphatic hydroxyl groups is 1. The molecule has 2 rings (SSSR count). The lowest BCUT2D eigenvalue weighted by Gasteiger charge is -2.40. The Morgan fingerprint density at radius 3 is 2.16 bits per heavy atom. The third-order valence-electron chi connectivity index (χ3n) is 3.76. The van der Waals surface area contributed by atoms with E-state index in [0.717, 1.165) is 43.1 Å². The fraction of sp³-hybridized carbons (Fsp3) is 0.625. The molecule has 0 aliphatic carbocycles. The number of hydrogen-bond acceptors (Lipinski definition) is 2.